The van der Waals surface area contributed by atoms with Gasteiger partial charge in [0.25, 0.3) is 0 Å². The highest BCUT2D eigenvalue weighted by molar-refractivity contribution is 6.08. The van der Waals surface area contributed by atoms with Crippen LogP contribution in [0, 0.1) is 0 Å². The molecule has 0 aromatic heterocycles. The molecular weight excluding hydrogens is 879 g/mol. The second-order valence-electron chi connectivity index (χ2n) is 19.8. The number of nitrogens with zero attached hydrogens (tertiary/aromatic N) is 1. The maximum atomic E-state index is 2.61. The molecule has 0 saturated heterocycles. The number of rotatable bonds is 7. The van der Waals surface area contributed by atoms with E-state index in [2.05, 4.69) is 290 Å². The molecule has 73 heavy (non-hydrogen) atoms. The van der Waals surface area contributed by atoms with Gasteiger partial charge in [-0.2, -0.15) is 0 Å². The van der Waals surface area contributed by atoms with Gasteiger partial charge in [0, 0.05) is 16.8 Å². The summed E-state index contributed by atoms with van der Waals surface area (Å²) in [5.41, 5.74) is 25.0. The Balaban J connectivity index is 1.06. The third-order valence-electron chi connectivity index (χ3n) is 16.4. The first-order valence-corrected chi connectivity index (χ1v) is 25.5. The van der Waals surface area contributed by atoms with E-state index in [0.717, 1.165) is 22.6 Å². The lowest BCUT2D eigenvalue weighted by molar-refractivity contribution is 0.768. The van der Waals surface area contributed by atoms with Gasteiger partial charge in [0.1, 0.15) is 0 Å². The molecule has 0 unspecified atom stereocenters. The maximum Gasteiger partial charge on any atom is 0.0726 e. The Hall–Kier alpha value is -9.30. The fraction of sp³-hybridized carbons (Fsp3) is 0.0278. The minimum Gasteiger partial charge on any atom is -0.309 e. The van der Waals surface area contributed by atoms with Crippen molar-refractivity contribution in [3.8, 4) is 55.6 Å². The zero-order valence-electron chi connectivity index (χ0n) is 40.1. The third kappa shape index (κ3) is 5.79. The van der Waals surface area contributed by atoms with Crippen molar-refractivity contribution in [2.24, 2.45) is 0 Å². The average molecular weight is 926 g/mol. The maximum absolute atomic E-state index is 2.61. The molecule has 0 N–H and O–H groups in total. The van der Waals surface area contributed by atoms with E-state index in [0.29, 0.717) is 0 Å². The van der Waals surface area contributed by atoms with Gasteiger partial charge in [0.05, 0.1) is 22.2 Å². The molecule has 0 radical (unpaired) electrons. The molecular formula is C72H47N. The number of hydrogen-bond donors (Lipinski definition) is 0. The summed E-state index contributed by atoms with van der Waals surface area (Å²) in [5, 5.41) is 2.41. The molecule has 1 nitrogen and oxygen atoms in total. The van der Waals surface area contributed by atoms with Gasteiger partial charge in [-0.3, -0.25) is 0 Å². The molecule has 15 rings (SSSR count). The summed E-state index contributed by atoms with van der Waals surface area (Å²) in [6.07, 6.45) is 0. The molecule has 3 aliphatic rings. The SMILES string of the molecule is c1ccc(-c2ccc(-c3c(N(c4ccc5c(c4)C(c4ccccc4)(c4ccccc4)c4ccccc4-5)c4cccc5c4-c4ccccc4C54c5ccccc5-c5ccccc54)ccc4ccccc34)cc2)cc1. The van der Waals surface area contributed by atoms with Crippen molar-refractivity contribution in [3.63, 3.8) is 0 Å². The average Bonchev–Trinajstić information content (AvgIpc) is 4.07. The zero-order chi connectivity index (χ0) is 48.1. The monoisotopic (exact) mass is 925 g/mol. The third-order valence-corrected chi connectivity index (χ3v) is 16.4. The Bertz CT molecular complexity index is 4050. The van der Waals surface area contributed by atoms with E-state index in [1.165, 1.54) is 105 Å². The number of fused-ring (bicyclic) bond motifs is 14. The standard InChI is InChI=1S/C72H47N/c1-4-21-48(22-5-1)49-39-41-51(42-40-49)69-55-28-11-10-23-50(55)43-46-68(69)73(54-44-45-59-58-31-12-16-33-61(58)71(66(59)47-54,52-24-6-2-7-25-52)53-26-8-3-9-27-53)67-38-20-37-65-70(67)60-32-15-19-36-64(60)72(65)62-34-17-13-29-56(62)57-30-14-18-35-63(57)72/h1-47H. The molecule has 1 spiro atoms. The molecule has 3 aliphatic carbocycles. The van der Waals surface area contributed by atoms with E-state index in [-0.39, 0.29) is 0 Å². The number of benzene rings is 12. The summed E-state index contributed by atoms with van der Waals surface area (Å²) in [5.74, 6) is 0. The van der Waals surface area contributed by atoms with Crippen molar-refractivity contribution in [3.05, 3.63) is 330 Å². The lowest BCUT2D eigenvalue weighted by atomic mass is 9.67. The molecule has 0 bridgehead atoms. The summed E-state index contributed by atoms with van der Waals surface area (Å²) in [7, 11) is 0. The fourth-order valence-electron chi connectivity index (χ4n) is 13.5. The van der Waals surface area contributed by atoms with Gasteiger partial charge in [-0.15, -0.1) is 0 Å². The summed E-state index contributed by atoms with van der Waals surface area (Å²) in [6.45, 7) is 0. The van der Waals surface area contributed by atoms with Crippen LogP contribution in [0.2, 0.25) is 0 Å². The van der Waals surface area contributed by atoms with E-state index < -0.39 is 10.8 Å². The number of anilines is 3. The van der Waals surface area contributed by atoms with Crippen LogP contribution in [-0.2, 0) is 10.8 Å². The molecule has 0 atom stereocenters. The van der Waals surface area contributed by atoms with Crippen LogP contribution >= 0.6 is 0 Å². The molecule has 0 saturated carbocycles. The molecule has 0 amide bonds. The van der Waals surface area contributed by atoms with Crippen molar-refractivity contribution in [2.75, 3.05) is 4.90 Å². The second-order valence-corrected chi connectivity index (χ2v) is 19.8. The van der Waals surface area contributed by atoms with Gasteiger partial charge in [0.2, 0.25) is 0 Å². The zero-order valence-corrected chi connectivity index (χ0v) is 40.1. The molecule has 0 fully saturated rings. The highest BCUT2D eigenvalue weighted by Gasteiger charge is 2.53. The van der Waals surface area contributed by atoms with Crippen molar-refractivity contribution in [2.45, 2.75) is 10.8 Å². The summed E-state index contributed by atoms with van der Waals surface area (Å²) >= 11 is 0. The van der Waals surface area contributed by atoms with E-state index in [4.69, 9.17) is 0 Å². The Morgan fingerprint density at radius 1 is 0.247 bits per heavy atom. The Morgan fingerprint density at radius 3 is 1.33 bits per heavy atom. The molecule has 0 aliphatic heterocycles. The molecule has 0 heterocycles. The first-order valence-electron chi connectivity index (χ1n) is 25.5. The van der Waals surface area contributed by atoms with Gasteiger partial charge >= 0.3 is 0 Å². The largest absolute Gasteiger partial charge is 0.309 e. The summed E-state index contributed by atoms with van der Waals surface area (Å²) < 4.78 is 0. The van der Waals surface area contributed by atoms with Crippen LogP contribution in [0.3, 0.4) is 0 Å². The highest BCUT2D eigenvalue weighted by Crippen LogP contribution is 2.65. The lowest BCUT2D eigenvalue weighted by Crippen LogP contribution is -2.28. The van der Waals surface area contributed by atoms with Gasteiger partial charge < -0.3 is 4.90 Å². The van der Waals surface area contributed by atoms with Crippen LogP contribution < -0.4 is 4.90 Å². The molecule has 1 heteroatoms. The van der Waals surface area contributed by atoms with Gasteiger partial charge in [-0.1, -0.05) is 261 Å². The van der Waals surface area contributed by atoms with Crippen LogP contribution in [0.4, 0.5) is 17.1 Å². The van der Waals surface area contributed by atoms with Crippen LogP contribution in [0.25, 0.3) is 66.4 Å². The van der Waals surface area contributed by atoms with Crippen molar-refractivity contribution in [1.82, 2.24) is 0 Å². The van der Waals surface area contributed by atoms with Gasteiger partial charge in [-0.25, -0.2) is 0 Å². The Labute approximate surface area is 426 Å². The summed E-state index contributed by atoms with van der Waals surface area (Å²) in [6, 6.07) is 107. The van der Waals surface area contributed by atoms with Crippen LogP contribution in [0.15, 0.2) is 285 Å². The normalized spacial score (nSPS) is 13.7. The molecule has 12 aromatic rings. The van der Waals surface area contributed by atoms with E-state index in [1.807, 2.05) is 0 Å². The summed E-state index contributed by atoms with van der Waals surface area (Å²) in [4.78, 5) is 2.61. The smallest absolute Gasteiger partial charge is 0.0726 e. The van der Waals surface area contributed by atoms with E-state index in [9.17, 15) is 0 Å². The van der Waals surface area contributed by atoms with Crippen molar-refractivity contribution in [1.29, 1.82) is 0 Å². The lowest BCUT2D eigenvalue weighted by Gasteiger charge is -2.36. The van der Waals surface area contributed by atoms with Crippen molar-refractivity contribution >= 4 is 27.8 Å². The Morgan fingerprint density at radius 2 is 0.699 bits per heavy atom. The highest BCUT2D eigenvalue weighted by atomic mass is 15.1. The van der Waals surface area contributed by atoms with Gasteiger partial charge in [-0.05, 0) is 124 Å². The predicted octanol–water partition coefficient (Wildman–Crippen LogP) is 18.4. The van der Waals surface area contributed by atoms with Crippen molar-refractivity contribution < 1.29 is 0 Å². The van der Waals surface area contributed by atoms with E-state index >= 15 is 0 Å². The molecule has 340 valence electrons. The predicted molar refractivity (Wildman–Crippen MR) is 303 cm³/mol. The minimum atomic E-state index is -0.581. The minimum absolute atomic E-state index is 0.504. The quantitative estimate of drug-likeness (QED) is 0.154. The second kappa shape index (κ2) is 16.1. The Kier molecular flexibility index (Phi) is 9.16. The first kappa shape index (κ1) is 41.5. The first-order chi connectivity index (χ1) is 36.2. The fourth-order valence-corrected chi connectivity index (χ4v) is 13.5. The van der Waals surface area contributed by atoms with Crippen LogP contribution in [0.5, 0.6) is 0 Å². The molecule has 12 aromatic carbocycles. The van der Waals surface area contributed by atoms with E-state index in [1.54, 1.807) is 0 Å². The van der Waals surface area contributed by atoms with Gasteiger partial charge in [0.15, 0.2) is 0 Å². The van der Waals surface area contributed by atoms with Crippen LogP contribution in [0.1, 0.15) is 44.5 Å². The number of hydrogen-bond acceptors (Lipinski definition) is 1. The van der Waals surface area contributed by atoms with Crippen LogP contribution in [-0.4, -0.2) is 0 Å². The topological polar surface area (TPSA) is 3.24 Å².